The van der Waals surface area contributed by atoms with Crippen LogP contribution in [-0.4, -0.2) is 31.3 Å². The zero-order valence-electron chi connectivity index (χ0n) is 10.6. The molecule has 4 nitrogen and oxygen atoms in total. The van der Waals surface area contributed by atoms with Gasteiger partial charge in [-0.3, -0.25) is 0 Å². The van der Waals surface area contributed by atoms with Crippen LogP contribution in [0.2, 0.25) is 0 Å². The number of ether oxygens (including phenoxy) is 1. The van der Waals surface area contributed by atoms with Crippen molar-refractivity contribution in [2.45, 2.75) is 13.5 Å². The van der Waals surface area contributed by atoms with Crippen LogP contribution in [0, 0.1) is 11.7 Å². The van der Waals surface area contributed by atoms with E-state index in [4.69, 9.17) is 9.84 Å². The van der Waals surface area contributed by atoms with E-state index in [0.717, 1.165) is 12.1 Å². The van der Waals surface area contributed by atoms with Crippen LogP contribution >= 0.6 is 0 Å². The average Bonchev–Trinajstić information content (AvgIpc) is 2.29. The number of hydrogen-bond donors (Lipinski definition) is 2. The fourth-order valence-electron chi connectivity index (χ4n) is 1.65. The van der Waals surface area contributed by atoms with Crippen LogP contribution in [0.3, 0.4) is 0 Å². The number of carbonyl (C=O) groups is 1. The molecule has 0 radical (unpaired) electrons. The van der Waals surface area contributed by atoms with Crippen molar-refractivity contribution >= 4 is 5.97 Å². The number of hydrogen-bond acceptors (Lipinski definition) is 3. The van der Waals surface area contributed by atoms with Crippen LogP contribution in [0.4, 0.5) is 4.39 Å². The van der Waals surface area contributed by atoms with Crippen LogP contribution in [0.1, 0.15) is 22.8 Å². The van der Waals surface area contributed by atoms with Crippen molar-refractivity contribution in [2.75, 3.05) is 20.3 Å². The molecule has 0 spiro atoms. The minimum absolute atomic E-state index is 0.300. The number of aromatic carboxylic acids is 1. The standard InChI is InChI=1S/C13H18FNO3/c1-9(8-18-2)6-15-7-10-3-4-11(13(16)17)12(14)5-10/h3-5,9,15H,6-8H2,1-2H3,(H,16,17). The summed E-state index contributed by atoms with van der Waals surface area (Å²) in [6, 6.07) is 4.14. The summed E-state index contributed by atoms with van der Waals surface area (Å²) in [5, 5.41) is 11.9. The molecule has 0 heterocycles. The van der Waals surface area contributed by atoms with Gasteiger partial charge in [0.05, 0.1) is 5.56 Å². The second-order valence-corrected chi connectivity index (χ2v) is 4.31. The van der Waals surface area contributed by atoms with Crippen molar-refractivity contribution in [3.63, 3.8) is 0 Å². The van der Waals surface area contributed by atoms with Crippen molar-refractivity contribution in [3.8, 4) is 0 Å². The molecule has 0 aliphatic heterocycles. The monoisotopic (exact) mass is 255 g/mol. The molecule has 1 aromatic carbocycles. The summed E-state index contributed by atoms with van der Waals surface area (Å²) in [4.78, 5) is 10.6. The largest absolute Gasteiger partial charge is 0.478 e. The maximum atomic E-state index is 13.4. The van der Waals surface area contributed by atoms with E-state index in [1.54, 1.807) is 13.2 Å². The van der Waals surface area contributed by atoms with E-state index < -0.39 is 11.8 Å². The third kappa shape index (κ3) is 4.43. The zero-order chi connectivity index (χ0) is 13.5. The van der Waals surface area contributed by atoms with Gasteiger partial charge in [0.15, 0.2) is 0 Å². The normalized spacial score (nSPS) is 12.4. The lowest BCUT2D eigenvalue weighted by molar-refractivity contribution is 0.0692. The molecule has 0 aliphatic carbocycles. The first-order chi connectivity index (χ1) is 8.54. The van der Waals surface area contributed by atoms with E-state index in [9.17, 15) is 9.18 Å². The molecular formula is C13H18FNO3. The second-order valence-electron chi connectivity index (χ2n) is 4.31. The summed E-state index contributed by atoms with van der Waals surface area (Å²) >= 11 is 0. The highest BCUT2D eigenvalue weighted by atomic mass is 19.1. The van der Waals surface area contributed by atoms with Gasteiger partial charge in [-0.2, -0.15) is 0 Å². The predicted octanol–water partition coefficient (Wildman–Crippen LogP) is 1.90. The Hall–Kier alpha value is -1.46. The number of carboxylic acids is 1. The Morgan fingerprint density at radius 1 is 1.56 bits per heavy atom. The quantitative estimate of drug-likeness (QED) is 0.781. The maximum Gasteiger partial charge on any atom is 0.338 e. The summed E-state index contributed by atoms with van der Waals surface area (Å²) in [5.41, 5.74) is 0.425. The minimum atomic E-state index is -1.25. The number of carboxylic acid groups (broad SMARTS) is 1. The molecule has 5 heteroatoms. The van der Waals surface area contributed by atoms with Crippen molar-refractivity contribution < 1.29 is 19.0 Å². The number of methoxy groups -OCH3 is 1. The average molecular weight is 255 g/mol. The summed E-state index contributed by atoms with van der Waals surface area (Å²) in [6.07, 6.45) is 0. The molecule has 1 unspecified atom stereocenters. The molecule has 0 fully saturated rings. The van der Waals surface area contributed by atoms with Crippen LogP contribution in [0.5, 0.6) is 0 Å². The van der Waals surface area contributed by atoms with Crippen LogP contribution in [0.15, 0.2) is 18.2 Å². The smallest absolute Gasteiger partial charge is 0.338 e. The van der Waals surface area contributed by atoms with E-state index in [1.165, 1.54) is 12.1 Å². The Bertz CT molecular complexity index is 409. The van der Waals surface area contributed by atoms with Gasteiger partial charge in [-0.25, -0.2) is 9.18 Å². The van der Waals surface area contributed by atoms with Crippen molar-refractivity contribution in [1.82, 2.24) is 5.32 Å². The highest BCUT2D eigenvalue weighted by Gasteiger charge is 2.10. The molecule has 2 N–H and O–H groups in total. The van der Waals surface area contributed by atoms with Crippen LogP contribution in [-0.2, 0) is 11.3 Å². The van der Waals surface area contributed by atoms with Gasteiger partial charge in [0.25, 0.3) is 0 Å². The SMILES string of the molecule is COCC(C)CNCc1ccc(C(=O)O)c(F)c1. The summed E-state index contributed by atoms with van der Waals surface area (Å²) < 4.78 is 18.4. The Kier molecular flexibility index (Phi) is 5.74. The molecule has 0 aromatic heterocycles. The van der Waals surface area contributed by atoms with Gasteiger partial charge in [0.2, 0.25) is 0 Å². The second kappa shape index (κ2) is 7.08. The topological polar surface area (TPSA) is 58.6 Å². The van der Waals surface area contributed by atoms with Gasteiger partial charge in [-0.15, -0.1) is 0 Å². The molecule has 0 saturated heterocycles. The first kappa shape index (κ1) is 14.6. The summed E-state index contributed by atoms with van der Waals surface area (Å²) in [5.74, 6) is -1.58. The van der Waals surface area contributed by atoms with Crippen LogP contribution < -0.4 is 5.32 Å². The lowest BCUT2D eigenvalue weighted by atomic mass is 10.1. The minimum Gasteiger partial charge on any atom is -0.478 e. The van der Waals surface area contributed by atoms with Crippen molar-refractivity contribution in [1.29, 1.82) is 0 Å². The molecule has 1 rings (SSSR count). The molecule has 0 bridgehead atoms. The Balaban J connectivity index is 2.49. The Morgan fingerprint density at radius 2 is 2.28 bits per heavy atom. The van der Waals surface area contributed by atoms with E-state index in [0.29, 0.717) is 19.1 Å². The van der Waals surface area contributed by atoms with E-state index >= 15 is 0 Å². The molecule has 0 amide bonds. The van der Waals surface area contributed by atoms with Crippen molar-refractivity contribution in [2.24, 2.45) is 5.92 Å². The summed E-state index contributed by atoms with van der Waals surface area (Å²) in [7, 11) is 1.65. The highest BCUT2D eigenvalue weighted by Crippen LogP contribution is 2.10. The molecule has 0 aliphatic rings. The van der Waals surface area contributed by atoms with Gasteiger partial charge in [-0.1, -0.05) is 13.0 Å². The molecule has 1 atom stereocenters. The lowest BCUT2D eigenvalue weighted by Gasteiger charge is -2.11. The molecule has 18 heavy (non-hydrogen) atoms. The van der Waals surface area contributed by atoms with Gasteiger partial charge >= 0.3 is 5.97 Å². The molecule has 0 saturated carbocycles. The Morgan fingerprint density at radius 3 is 2.83 bits per heavy atom. The number of halogens is 1. The van der Waals surface area contributed by atoms with Gasteiger partial charge < -0.3 is 15.2 Å². The molecule has 100 valence electrons. The lowest BCUT2D eigenvalue weighted by Crippen LogP contribution is -2.23. The fourth-order valence-corrected chi connectivity index (χ4v) is 1.65. The van der Waals surface area contributed by atoms with E-state index in [2.05, 4.69) is 5.32 Å². The van der Waals surface area contributed by atoms with E-state index in [1.807, 2.05) is 6.92 Å². The first-order valence-electron chi connectivity index (χ1n) is 5.76. The fraction of sp³-hybridized carbons (Fsp3) is 0.462. The number of rotatable bonds is 7. The van der Waals surface area contributed by atoms with E-state index in [-0.39, 0.29) is 5.56 Å². The zero-order valence-corrected chi connectivity index (χ0v) is 10.6. The van der Waals surface area contributed by atoms with Gasteiger partial charge in [0, 0.05) is 26.8 Å². The van der Waals surface area contributed by atoms with Gasteiger partial charge in [-0.05, 0) is 23.6 Å². The number of benzene rings is 1. The van der Waals surface area contributed by atoms with Crippen molar-refractivity contribution in [3.05, 3.63) is 35.1 Å². The third-order valence-electron chi connectivity index (χ3n) is 2.54. The highest BCUT2D eigenvalue weighted by molar-refractivity contribution is 5.87. The van der Waals surface area contributed by atoms with Crippen LogP contribution in [0.25, 0.3) is 0 Å². The predicted molar refractivity (Wildman–Crippen MR) is 66.1 cm³/mol. The molecule has 1 aromatic rings. The first-order valence-corrected chi connectivity index (χ1v) is 5.76. The van der Waals surface area contributed by atoms with Gasteiger partial charge in [0.1, 0.15) is 5.82 Å². The number of nitrogens with one attached hydrogen (secondary N) is 1. The Labute approximate surface area is 106 Å². The summed E-state index contributed by atoms with van der Waals surface area (Å²) in [6.45, 7) is 3.98. The third-order valence-corrected chi connectivity index (χ3v) is 2.54. The maximum absolute atomic E-state index is 13.4. The molecular weight excluding hydrogens is 237 g/mol.